The van der Waals surface area contributed by atoms with Gasteiger partial charge in [-0.2, -0.15) is 0 Å². The summed E-state index contributed by atoms with van der Waals surface area (Å²) in [4.78, 5) is 0. The summed E-state index contributed by atoms with van der Waals surface area (Å²) >= 11 is 0. The lowest BCUT2D eigenvalue weighted by Crippen LogP contribution is -2.92. The minimum absolute atomic E-state index is 1.93. The summed E-state index contributed by atoms with van der Waals surface area (Å²) < 4.78 is 189. The van der Waals surface area contributed by atoms with E-state index in [1.54, 1.807) is 0 Å². The van der Waals surface area contributed by atoms with Gasteiger partial charge in [-0.05, 0) is 196 Å². The molecule has 0 aromatic rings. The molecule has 0 aromatic carbocycles. The molecule has 0 aromatic heterocycles. The van der Waals surface area contributed by atoms with Crippen molar-refractivity contribution >= 4 is 174 Å². The van der Waals surface area contributed by atoms with Crippen molar-refractivity contribution in [1.29, 1.82) is 0 Å². The van der Waals surface area contributed by atoms with E-state index in [0.717, 1.165) is 0 Å². The highest BCUT2D eigenvalue weighted by molar-refractivity contribution is 7.05. The first-order valence-electron chi connectivity index (χ1n) is 25.2. The second-order valence-corrected chi connectivity index (χ2v) is 101. The van der Waals surface area contributed by atoms with Crippen LogP contribution in [0, 0.1) is 0 Å². The van der Waals surface area contributed by atoms with Crippen LogP contribution in [-0.2, 0) is 103 Å². The third-order valence-electron chi connectivity index (χ3n) is 8.06. The van der Waals surface area contributed by atoms with Crippen LogP contribution in [0.15, 0.2) is 0 Å². The van der Waals surface area contributed by atoms with Crippen molar-refractivity contribution in [2.45, 2.75) is 196 Å². The maximum absolute atomic E-state index is 7.70. The molecule has 5 aliphatic heterocycles. The first kappa shape index (κ1) is 67.5. The van der Waals surface area contributed by atoms with Crippen LogP contribution in [0.2, 0.25) is 196 Å². The molecule has 25 nitrogen and oxygen atoms in total. The standard InChI is InChI=1S/C30H90O25Si20/c1-56(2,3)31-66-41-67(32-57(4,5)6)48-70(35-60(13,14)15)42-68(46-66,33-58(7,8)9)50-72(37-62(19,20)21)44-74(52-70,39-64(25,26)27)55-75(40-65(28,29)30)45-73(54-72,38-63(22,23)24)51-69(47-66,34-59(10,11)12)43-71(49-67,53-75)36-61(16,17)18/h1-30H3. The molecule has 0 atom stereocenters. The largest absolute Gasteiger partial charge is 0.651 e. The van der Waals surface area contributed by atoms with Crippen LogP contribution in [-0.4, -0.2) is 174 Å². The third kappa shape index (κ3) is 18.7. The summed E-state index contributed by atoms with van der Waals surface area (Å²) in [6.45, 7) is 57.9. The summed E-state index contributed by atoms with van der Waals surface area (Å²) in [7, 11) is -85.0. The molecule has 5 heterocycles. The zero-order chi connectivity index (χ0) is 57.7. The molecule has 5 aliphatic rings. The highest BCUT2D eigenvalue weighted by Crippen LogP contribution is 2.54. The molecule has 10 bridgehead atoms. The third-order valence-corrected chi connectivity index (χ3v) is 72.6. The van der Waals surface area contributed by atoms with Crippen LogP contribution in [0.5, 0.6) is 0 Å². The lowest BCUT2D eigenvalue weighted by Gasteiger charge is -2.60. The van der Waals surface area contributed by atoms with Gasteiger partial charge in [0.05, 0.1) is 0 Å². The second kappa shape index (κ2) is 20.5. The first-order chi connectivity index (χ1) is 32.7. The average molecular weight is 1410 g/mol. The van der Waals surface area contributed by atoms with Crippen molar-refractivity contribution in [1.82, 2.24) is 0 Å². The van der Waals surface area contributed by atoms with Gasteiger partial charge < -0.3 is 103 Å². The molecule has 5 fully saturated rings. The van der Waals surface area contributed by atoms with Crippen LogP contribution in [0.25, 0.3) is 0 Å². The van der Waals surface area contributed by atoms with Gasteiger partial charge in [0.25, 0.3) is 0 Å². The van der Waals surface area contributed by atoms with Crippen molar-refractivity contribution in [3.63, 3.8) is 0 Å². The van der Waals surface area contributed by atoms with E-state index >= 15 is 0 Å². The van der Waals surface area contributed by atoms with E-state index in [-0.39, 0.29) is 0 Å². The Bertz CT molecular complexity index is 1590. The van der Waals surface area contributed by atoms with Gasteiger partial charge in [-0.1, -0.05) is 0 Å². The molecule has 0 spiro atoms. The Morgan fingerprint density at radius 3 is 0.227 bits per heavy atom. The van der Waals surface area contributed by atoms with E-state index < -0.39 is 174 Å². The molecule has 5 rings (SSSR count). The zero-order valence-corrected chi connectivity index (χ0v) is 70.2. The van der Waals surface area contributed by atoms with Crippen molar-refractivity contribution in [3.05, 3.63) is 0 Å². The van der Waals surface area contributed by atoms with Gasteiger partial charge in [-0.15, -0.1) is 0 Å². The van der Waals surface area contributed by atoms with Gasteiger partial charge >= 0.3 is 90.5 Å². The average Bonchev–Trinajstić information content (AvgIpc) is 2.90. The molecule has 0 amide bonds. The summed E-state index contributed by atoms with van der Waals surface area (Å²) in [5.74, 6) is 0. The Labute approximate surface area is 469 Å². The topological polar surface area (TPSA) is 231 Å². The maximum atomic E-state index is 7.70. The van der Waals surface area contributed by atoms with Gasteiger partial charge in [-0.25, -0.2) is 0 Å². The van der Waals surface area contributed by atoms with Gasteiger partial charge in [0.2, 0.25) is 0 Å². The number of hydrogen-bond donors (Lipinski definition) is 0. The van der Waals surface area contributed by atoms with Crippen LogP contribution < -0.4 is 0 Å². The quantitative estimate of drug-likeness (QED) is 0.105. The maximum Gasteiger partial charge on any atom is 0.651 e. The number of hydrogen-bond acceptors (Lipinski definition) is 25. The van der Waals surface area contributed by atoms with E-state index in [0.29, 0.717) is 0 Å². The molecule has 0 N–H and O–H groups in total. The fraction of sp³-hybridized carbons (Fsp3) is 1.00. The lowest BCUT2D eigenvalue weighted by molar-refractivity contribution is -0.127. The summed E-state index contributed by atoms with van der Waals surface area (Å²) in [5, 5.41) is 0. The highest BCUT2D eigenvalue weighted by atomic mass is 28.7. The van der Waals surface area contributed by atoms with E-state index in [1.807, 2.05) is 196 Å². The second-order valence-electron chi connectivity index (χ2n) is 28.7. The minimum Gasteiger partial charge on any atom is -0.396 e. The van der Waals surface area contributed by atoms with Gasteiger partial charge in [0.15, 0.2) is 83.2 Å². The van der Waals surface area contributed by atoms with E-state index in [2.05, 4.69) is 0 Å². The first-order valence-corrected chi connectivity index (χ1v) is 75.6. The smallest absolute Gasteiger partial charge is 0.396 e. The Morgan fingerprint density at radius 2 is 0.187 bits per heavy atom. The molecule has 0 saturated carbocycles. The molecule has 75 heavy (non-hydrogen) atoms. The molecule has 0 aliphatic carbocycles. The Balaban J connectivity index is 2.05. The van der Waals surface area contributed by atoms with Gasteiger partial charge in [0, 0.05) is 0 Å². The van der Waals surface area contributed by atoms with E-state index in [4.69, 9.17) is 103 Å². The summed E-state index contributed by atoms with van der Waals surface area (Å²) in [5.41, 5.74) is 0. The van der Waals surface area contributed by atoms with Crippen molar-refractivity contribution in [3.8, 4) is 0 Å². The number of fused-ring (bicyclic) bond motifs is 10. The molecule has 5 saturated heterocycles. The summed E-state index contributed by atoms with van der Waals surface area (Å²) in [6, 6.07) is 0. The zero-order valence-electron chi connectivity index (χ0n) is 50.2. The molecular weight excluding hydrogens is 1320 g/mol. The van der Waals surface area contributed by atoms with Crippen molar-refractivity contribution < 1.29 is 103 Å². The van der Waals surface area contributed by atoms with Crippen LogP contribution in [0.1, 0.15) is 0 Å². The molecule has 440 valence electrons. The molecule has 0 radical (unpaired) electrons. The highest BCUT2D eigenvalue weighted by Gasteiger charge is 2.93. The SMILES string of the molecule is C[Si](C)(C)O[Si]12O[Si]3(O[Si](C)(C)C)O[Si]4(O[Si](C)(C)C)O[Si](O[Si](C)(C)C)(O1)O[Si]1(O[Si](C)(C)C)O[Si](O[Si](C)(C)C)(O4)O[Si]4(O[Si](C)(C)C)O[Si](O[Si](C)(C)C)(O[Si](O[Si](C)(C)C)(O[Si](O[Si](C)(C)C)(O3)O4)O2)O1. The molecule has 45 heteroatoms. The fourth-order valence-electron chi connectivity index (χ4n) is 7.30. The number of rotatable bonds is 20. The fourth-order valence-corrected chi connectivity index (χ4v) is 88.2. The predicted molar refractivity (Wildman–Crippen MR) is 318 cm³/mol. The Kier molecular flexibility index (Phi) is 18.4. The van der Waals surface area contributed by atoms with E-state index in [9.17, 15) is 0 Å². The normalized spacial score (nSPS) is 39.6. The predicted octanol–water partition coefficient (Wildman–Crippen LogP) is 8.19. The van der Waals surface area contributed by atoms with Gasteiger partial charge in [-0.3, -0.25) is 0 Å². The van der Waals surface area contributed by atoms with E-state index in [1.165, 1.54) is 0 Å². The van der Waals surface area contributed by atoms with Crippen LogP contribution in [0.4, 0.5) is 0 Å². The Hall–Kier alpha value is 3.34. The lowest BCUT2D eigenvalue weighted by atomic mass is 11.8. The van der Waals surface area contributed by atoms with Gasteiger partial charge in [0.1, 0.15) is 0 Å². The molecular formula is C30H90O25Si20. The minimum atomic E-state index is -5.42. The molecule has 0 unspecified atom stereocenters. The Morgan fingerprint density at radius 1 is 0.133 bits per heavy atom. The van der Waals surface area contributed by atoms with Crippen molar-refractivity contribution in [2.75, 3.05) is 0 Å². The van der Waals surface area contributed by atoms with Crippen LogP contribution in [0.3, 0.4) is 0 Å². The van der Waals surface area contributed by atoms with Crippen molar-refractivity contribution in [2.24, 2.45) is 0 Å². The summed E-state index contributed by atoms with van der Waals surface area (Å²) in [6.07, 6.45) is 0. The van der Waals surface area contributed by atoms with Crippen LogP contribution >= 0.6 is 0 Å². The monoisotopic (exact) mass is 1410 g/mol.